The molecule has 1 aliphatic heterocycles. The molecule has 7 nitrogen and oxygen atoms in total. The standard InChI is InChI=1S/C30H35N3O4/c1-5-25(29(35)31-20(2)3)33(19-21-10-6-13-23(18-21)37-4)27(34)16-9-17-32-26-15-8-12-22-11-7-14-24(28(22)26)30(32)36/h6-8,10-15,18,20,25H,5,9,16-17,19H2,1-4H3,(H,31,35). The molecule has 0 aliphatic carbocycles. The molecule has 37 heavy (non-hydrogen) atoms. The Morgan fingerprint density at radius 3 is 2.49 bits per heavy atom. The lowest BCUT2D eigenvalue weighted by molar-refractivity contribution is -0.141. The van der Waals surface area contributed by atoms with E-state index in [4.69, 9.17) is 4.74 Å². The highest BCUT2D eigenvalue weighted by atomic mass is 16.5. The number of carbonyl (C=O) groups is 3. The summed E-state index contributed by atoms with van der Waals surface area (Å²) in [5.41, 5.74) is 2.48. The normalized spacial score (nSPS) is 13.2. The number of ether oxygens (including phenoxy) is 1. The van der Waals surface area contributed by atoms with Crippen LogP contribution in [0.3, 0.4) is 0 Å². The third-order valence-corrected chi connectivity index (χ3v) is 6.73. The molecule has 3 aromatic carbocycles. The lowest BCUT2D eigenvalue weighted by atomic mass is 10.1. The van der Waals surface area contributed by atoms with Gasteiger partial charge in [-0.05, 0) is 61.9 Å². The molecular formula is C30H35N3O4. The Balaban J connectivity index is 1.50. The summed E-state index contributed by atoms with van der Waals surface area (Å²) in [7, 11) is 1.60. The summed E-state index contributed by atoms with van der Waals surface area (Å²) in [6, 6.07) is 18.6. The van der Waals surface area contributed by atoms with Crippen molar-refractivity contribution in [1.29, 1.82) is 0 Å². The van der Waals surface area contributed by atoms with Crippen molar-refractivity contribution in [2.75, 3.05) is 18.6 Å². The molecule has 1 N–H and O–H groups in total. The zero-order valence-electron chi connectivity index (χ0n) is 22.0. The van der Waals surface area contributed by atoms with E-state index in [1.165, 1.54) is 0 Å². The second kappa shape index (κ2) is 11.5. The Labute approximate surface area is 218 Å². The first kappa shape index (κ1) is 26.2. The second-order valence-electron chi connectivity index (χ2n) is 9.70. The van der Waals surface area contributed by atoms with E-state index in [2.05, 4.69) is 5.32 Å². The lowest BCUT2D eigenvalue weighted by Crippen LogP contribution is -2.50. The maximum Gasteiger partial charge on any atom is 0.258 e. The van der Waals surface area contributed by atoms with E-state index in [1.54, 1.807) is 16.9 Å². The molecule has 1 heterocycles. The van der Waals surface area contributed by atoms with Crippen molar-refractivity contribution in [3.8, 4) is 5.75 Å². The molecule has 0 fully saturated rings. The van der Waals surface area contributed by atoms with Crippen LogP contribution < -0.4 is 15.0 Å². The quantitative estimate of drug-likeness (QED) is 0.405. The van der Waals surface area contributed by atoms with E-state index in [0.717, 1.165) is 22.0 Å². The minimum atomic E-state index is -0.590. The summed E-state index contributed by atoms with van der Waals surface area (Å²) in [5, 5.41) is 4.96. The average Bonchev–Trinajstić information content (AvgIpc) is 3.16. The number of carbonyl (C=O) groups excluding carboxylic acids is 3. The molecule has 1 unspecified atom stereocenters. The highest BCUT2D eigenvalue weighted by Crippen LogP contribution is 2.37. The van der Waals surface area contributed by atoms with Gasteiger partial charge in [-0.3, -0.25) is 14.4 Å². The third-order valence-electron chi connectivity index (χ3n) is 6.73. The number of hydrogen-bond donors (Lipinski definition) is 1. The van der Waals surface area contributed by atoms with Crippen molar-refractivity contribution in [2.45, 2.75) is 58.7 Å². The summed E-state index contributed by atoms with van der Waals surface area (Å²) in [6.07, 6.45) is 1.22. The fourth-order valence-electron chi connectivity index (χ4n) is 5.00. The number of amides is 3. The van der Waals surface area contributed by atoms with Crippen LogP contribution in [0.1, 0.15) is 56.0 Å². The minimum Gasteiger partial charge on any atom is -0.497 e. The van der Waals surface area contributed by atoms with Crippen molar-refractivity contribution < 1.29 is 19.1 Å². The van der Waals surface area contributed by atoms with Gasteiger partial charge in [0.1, 0.15) is 11.8 Å². The highest BCUT2D eigenvalue weighted by Gasteiger charge is 2.31. The Morgan fingerprint density at radius 1 is 1.05 bits per heavy atom. The van der Waals surface area contributed by atoms with Crippen LogP contribution in [-0.4, -0.2) is 48.4 Å². The predicted molar refractivity (Wildman–Crippen MR) is 146 cm³/mol. The molecule has 0 saturated carbocycles. The van der Waals surface area contributed by atoms with Crippen LogP contribution in [0, 0.1) is 0 Å². The van der Waals surface area contributed by atoms with Crippen LogP contribution in [0.5, 0.6) is 5.75 Å². The first-order valence-electron chi connectivity index (χ1n) is 12.9. The van der Waals surface area contributed by atoms with Crippen LogP contribution in [0.2, 0.25) is 0 Å². The fraction of sp³-hybridized carbons (Fsp3) is 0.367. The summed E-state index contributed by atoms with van der Waals surface area (Å²) in [5.74, 6) is 0.391. The lowest BCUT2D eigenvalue weighted by Gasteiger charge is -2.31. The van der Waals surface area contributed by atoms with Gasteiger partial charge in [0.15, 0.2) is 0 Å². The van der Waals surface area contributed by atoms with Gasteiger partial charge in [0.05, 0.1) is 12.8 Å². The molecule has 4 rings (SSSR count). The summed E-state index contributed by atoms with van der Waals surface area (Å²) in [6.45, 7) is 6.46. The van der Waals surface area contributed by atoms with Crippen molar-refractivity contribution in [1.82, 2.24) is 10.2 Å². The summed E-state index contributed by atoms with van der Waals surface area (Å²) < 4.78 is 5.35. The zero-order chi connectivity index (χ0) is 26.5. The van der Waals surface area contributed by atoms with Crippen LogP contribution >= 0.6 is 0 Å². The SMILES string of the molecule is CCC(C(=O)NC(C)C)N(Cc1cccc(OC)c1)C(=O)CCCN1C(=O)c2cccc3cccc1c23. The van der Waals surface area contributed by atoms with Gasteiger partial charge in [0.2, 0.25) is 11.8 Å². The Kier molecular flexibility index (Phi) is 8.11. The molecule has 0 bridgehead atoms. The minimum absolute atomic E-state index is 0.0270. The number of anilines is 1. The number of nitrogens with one attached hydrogen (secondary N) is 1. The number of nitrogens with zero attached hydrogens (tertiary/aromatic N) is 2. The topological polar surface area (TPSA) is 79.0 Å². The van der Waals surface area contributed by atoms with E-state index in [9.17, 15) is 14.4 Å². The fourth-order valence-corrected chi connectivity index (χ4v) is 5.00. The second-order valence-corrected chi connectivity index (χ2v) is 9.70. The van der Waals surface area contributed by atoms with Gasteiger partial charge in [-0.1, -0.05) is 43.3 Å². The number of hydrogen-bond acceptors (Lipinski definition) is 4. The predicted octanol–water partition coefficient (Wildman–Crippen LogP) is 4.92. The van der Waals surface area contributed by atoms with Crippen LogP contribution in [0.25, 0.3) is 10.8 Å². The molecule has 7 heteroatoms. The Bertz CT molecular complexity index is 1300. The van der Waals surface area contributed by atoms with Gasteiger partial charge < -0.3 is 19.9 Å². The third kappa shape index (κ3) is 5.61. The molecule has 0 radical (unpaired) electrons. The monoisotopic (exact) mass is 501 g/mol. The number of methoxy groups -OCH3 is 1. The molecule has 3 amide bonds. The van der Waals surface area contributed by atoms with Gasteiger partial charge >= 0.3 is 0 Å². The van der Waals surface area contributed by atoms with Gasteiger partial charge in [0.25, 0.3) is 5.91 Å². The Hall–Kier alpha value is -3.87. The molecule has 0 spiro atoms. The first-order chi connectivity index (χ1) is 17.8. The van der Waals surface area contributed by atoms with Gasteiger partial charge in [-0.25, -0.2) is 0 Å². The molecular weight excluding hydrogens is 466 g/mol. The molecule has 0 aromatic heterocycles. The molecule has 1 atom stereocenters. The molecule has 0 saturated heterocycles. The van der Waals surface area contributed by atoms with E-state index < -0.39 is 6.04 Å². The van der Waals surface area contributed by atoms with Crippen molar-refractivity contribution in [3.63, 3.8) is 0 Å². The number of rotatable bonds is 11. The van der Waals surface area contributed by atoms with Crippen molar-refractivity contribution >= 4 is 34.2 Å². The largest absolute Gasteiger partial charge is 0.497 e. The Morgan fingerprint density at radius 2 is 1.78 bits per heavy atom. The highest BCUT2D eigenvalue weighted by molar-refractivity contribution is 6.25. The zero-order valence-corrected chi connectivity index (χ0v) is 22.0. The van der Waals surface area contributed by atoms with Crippen LogP contribution in [0.15, 0.2) is 60.7 Å². The van der Waals surface area contributed by atoms with E-state index in [1.807, 2.05) is 81.4 Å². The first-order valence-corrected chi connectivity index (χ1v) is 12.9. The van der Waals surface area contributed by atoms with Gasteiger partial charge in [-0.2, -0.15) is 0 Å². The maximum atomic E-state index is 13.6. The van der Waals surface area contributed by atoms with Gasteiger partial charge in [0, 0.05) is 36.5 Å². The smallest absolute Gasteiger partial charge is 0.258 e. The average molecular weight is 502 g/mol. The summed E-state index contributed by atoms with van der Waals surface area (Å²) >= 11 is 0. The van der Waals surface area contributed by atoms with Gasteiger partial charge in [-0.15, -0.1) is 0 Å². The van der Waals surface area contributed by atoms with E-state index in [0.29, 0.717) is 37.2 Å². The molecule has 194 valence electrons. The van der Waals surface area contributed by atoms with Crippen molar-refractivity contribution in [2.24, 2.45) is 0 Å². The van der Waals surface area contributed by atoms with Crippen molar-refractivity contribution in [3.05, 3.63) is 71.8 Å². The number of benzene rings is 3. The van der Waals surface area contributed by atoms with E-state index in [-0.39, 0.29) is 30.2 Å². The van der Waals surface area contributed by atoms with Crippen LogP contribution in [0.4, 0.5) is 5.69 Å². The van der Waals surface area contributed by atoms with E-state index >= 15 is 0 Å². The molecule has 1 aliphatic rings. The summed E-state index contributed by atoms with van der Waals surface area (Å²) in [4.78, 5) is 43.1. The maximum absolute atomic E-state index is 13.6. The molecule has 3 aromatic rings. The van der Waals surface area contributed by atoms with Crippen LogP contribution in [-0.2, 0) is 16.1 Å².